The Morgan fingerprint density at radius 2 is 2.15 bits per heavy atom. The first-order valence-corrected chi connectivity index (χ1v) is 9.00. The molecule has 2 saturated heterocycles. The van der Waals surface area contributed by atoms with E-state index in [0.29, 0.717) is 12.1 Å². The number of hydrogen-bond donors (Lipinski definition) is 0. The molecule has 0 N–H and O–H groups in total. The molecule has 130 valence electrons. The number of hydrogen-bond acceptors (Lipinski definition) is 5. The average molecular weight is 346 g/mol. The van der Waals surface area contributed by atoms with Crippen molar-refractivity contribution in [2.45, 2.75) is 12.6 Å². The number of esters is 1. The highest BCUT2D eigenvalue weighted by atomic mass is 16.5. The monoisotopic (exact) mass is 346 g/mol. The van der Waals surface area contributed by atoms with Crippen molar-refractivity contribution in [1.82, 2.24) is 14.5 Å². The van der Waals surface area contributed by atoms with E-state index in [1.54, 1.807) is 6.20 Å². The lowest BCUT2D eigenvalue weighted by molar-refractivity contribution is 0.0602. The van der Waals surface area contributed by atoms with E-state index in [9.17, 15) is 4.79 Å². The molecule has 4 aliphatic rings. The number of anilines is 1. The quantitative estimate of drug-likeness (QED) is 0.679. The Morgan fingerprint density at radius 3 is 2.85 bits per heavy atom. The van der Waals surface area contributed by atoms with Crippen LogP contribution in [0.5, 0.6) is 0 Å². The minimum absolute atomic E-state index is 0.342. The Morgan fingerprint density at radius 1 is 1.27 bits per heavy atom. The highest BCUT2D eigenvalue weighted by Crippen LogP contribution is 2.75. The second-order valence-corrected chi connectivity index (χ2v) is 7.52. The van der Waals surface area contributed by atoms with Gasteiger partial charge in [-0.1, -0.05) is 6.07 Å². The average Bonchev–Trinajstić information content (AvgIpc) is 3.41. The van der Waals surface area contributed by atoms with Gasteiger partial charge in [0.1, 0.15) is 11.5 Å². The van der Waals surface area contributed by atoms with Crippen LogP contribution in [-0.2, 0) is 11.3 Å². The van der Waals surface area contributed by atoms with Crippen LogP contribution in [-0.4, -0.2) is 40.2 Å². The fourth-order valence-electron chi connectivity index (χ4n) is 4.78. The fourth-order valence-corrected chi connectivity index (χ4v) is 4.78. The van der Waals surface area contributed by atoms with E-state index in [-0.39, 0.29) is 5.97 Å². The summed E-state index contributed by atoms with van der Waals surface area (Å²) in [5.74, 6) is 3.66. The van der Waals surface area contributed by atoms with Gasteiger partial charge in [-0.15, -0.1) is 0 Å². The maximum atomic E-state index is 12.0. The number of carbonyl (C=O) groups is 1. The molecular weight excluding hydrogens is 328 g/mol. The van der Waals surface area contributed by atoms with Crippen molar-refractivity contribution < 1.29 is 9.53 Å². The maximum absolute atomic E-state index is 12.0. The molecule has 2 atom stereocenters. The largest absolute Gasteiger partial charge is 0.465 e. The molecule has 6 nitrogen and oxygen atoms in total. The van der Waals surface area contributed by atoms with Crippen LogP contribution in [0.15, 0.2) is 42.9 Å². The Bertz CT molecular complexity index is 1020. The molecule has 2 aliphatic heterocycles. The molecule has 2 unspecified atom stereocenters. The van der Waals surface area contributed by atoms with Crippen molar-refractivity contribution in [3.05, 3.63) is 54.0 Å². The van der Waals surface area contributed by atoms with Crippen molar-refractivity contribution in [3.8, 4) is 0 Å². The van der Waals surface area contributed by atoms with Crippen LogP contribution < -0.4 is 4.90 Å². The lowest BCUT2D eigenvalue weighted by Gasteiger charge is -2.17. The van der Waals surface area contributed by atoms with Gasteiger partial charge in [0.2, 0.25) is 0 Å². The van der Waals surface area contributed by atoms with Crippen LogP contribution in [0.3, 0.4) is 0 Å². The highest BCUT2D eigenvalue weighted by Gasteiger charge is 2.80. The minimum atomic E-state index is -0.342. The fraction of sp³-hybridized carbons (Fsp3) is 0.350. The first kappa shape index (κ1) is 14.3. The predicted molar refractivity (Wildman–Crippen MR) is 96.0 cm³/mol. The lowest BCUT2D eigenvalue weighted by atomic mass is 10.2. The van der Waals surface area contributed by atoms with E-state index < -0.39 is 0 Å². The summed E-state index contributed by atoms with van der Waals surface area (Å²) in [6.07, 6.45) is 5.49. The third-order valence-electron chi connectivity index (χ3n) is 6.20. The molecule has 6 heteroatoms. The van der Waals surface area contributed by atoms with Gasteiger partial charge in [-0.2, -0.15) is 0 Å². The normalized spacial score (nSPS) is 27.5. The smallest absolute Gasteiger partial charge is 0.340 e. The van der Waals surface area contributed by atoms with Crippen molar-refractivity contribution in [2.24, 2.45) is 17.8 Å². The lowest BCUT2D eigenvalue weighted by Crippen LogP contribution is -2.21. The Kier molecular flexibility index (Phi) is 2.66. The summed E-state index contributed by atoms with van der Waals surface area (Å²) >= 11 is 0. The number of aromatic nitrogens is 3. The zero-order valence-corrected chi connectivity index (χ0v) is 14.4. The SMILES string of the molecule is COC(=O)c1cn(Cc2ccc(N3CC4C5C4C53)nc2)c2ncccc12. The van der Waals surface area contributed by atoms with Gasteiger partial charge in [-0.05, 0) is 41.5 Å². The van der Waals surface area contributed by atoms with E-state index in [4.69, 9.17) is 4.74 Å². The first-order chi connectivity index (χ1) is 12.8. The number of pyridine rings is 2. The zero-order valence-electron chi connectivity index (χ0n) is 14.4. The Hall–Kier alpha value is -2.89. The number of piperidine rings is 1. The maximum Gasteiger partial charge on any atom is 0.340 e. The van der Waals surface area contributed by atoms with E-state index in [2.05, 4.69) is 27.0 Å². The van der Waals surface area contributed by atoms with E-state index in [1.807, 2.05) is 29.1 Å². The standard InChI is InChI=1S/C20H18N4O2/c1-26-20(25)13-9-23(19-12(13)3-2-6-21-19)8-11-4-5-15(22-7-11)24-10-14-16-17(14)18(16)24/h2-7,9,14,16-18H,8,10H2,1H3. The molecule has 0 aromatic carbocycles. The van der Waals surface area contributed by atoms with Gasteiger partial charge in [-0.25, -0.2) is 14.8 Å². The second kappa shape index (κ2) is 4.84. The molecule has 4 fully saturated rings. The number of carbonyl (C=O) groups excluding carboxylic acids is 1. The van der Waals surface area contributed by atoms with Gasteiger partial charge < -0.3 is 14.2 Å². The number of nitrogens with zero attached hydrogens (tertiary/aromatic N) is 4. The van der Waals surface area contributed by atoms with Gasteiger partial charge in [-0.3, -0.25) is 0 Å². The summed E-state index contributed by atoms with van der Waals surface area (Å²) in [6, 6.07) is 8.75. The van der Waals surface area contributed by atoms with Crippen LogP contribution in [0.1, 0.15) is 15.9 Å². The van der Waals surface area contributed by atoms with Gasteiger partial charge in [0.15, 0.2) is 0 Å². The highest BCUT2D eigenvalue weighted by molar-refractivity contribution is 6.03. The van der Waals surface area contributed by atoms with Crippen molar-refractivity contribution in [3.63, 3.8) is 0 Å². The third kappa shape index (κ3) is 1.84. The molecule has 2 bridgehead atoms. The van der Waals surface area contributed by atoms with Crippen LogP contribution in [0.4, 0.5) is 5.82 Å². The van der Waals surface area contributed by atoms with Gasteiger partial charge in [0.25, 0.3) is 0 Å². The molecule has 2 aliphatic carbocycles. The van der Waals surface area contributed by atoms with E-state index >= 15 is 0 Å². The summed E-state index contributed by atoms with van der Waals surface area (Å²) in [7, 11) is 1.40. The first-order valence-electron chi connectivity index (χ1n) is 9.00. The van der Waals surface area contributed by atoms with Crippen molar-refractivity contribution in [1.29, 1.82) is 0 Å². The molecule has 0 amide bonds. The molecule has 0 radical (unpaired) electrons. The molecule has 2 saturated carbocycles. The topological polar surface area (TPSA) is 60.2 Å². The van der Waals surface area contributed by atoms with Gasteiger partial charge in [0.05, 0.1) is 19.2 Å². The van der Waals surface area contributed by atoms with Crippen LogP contribution >= 0.6 is 0 Å². The number of methoxy groups -OCH3 is 1. The number of ether oxygens (including phenoxy) is 1. The molecule has 5 heterocycles. The van der Waals surface area contributed by atoms with E-state index in [1.165, 1.54) is 13.7 Å². The molecular formula is C20H18N4O2. The van der Waals surface area contributed by atoms with Crippen molar-refractivity contribution >= 4 is 22.8 Å². The van der Waals surface area contributed by atoms with E-state index in [0.717, 1.165) is 46.2 Å². The number of rotatable bonds is 4. The Labute approximate surface area is 150 Å². The molecule has 3 aromatic heterocycles. The van der Waals surface area contributed by atoms with Gasteiger partial charge >= 0.3 is 5.97 Å². The zero-order chi connectivity index (χ0) is 17.4. The van der Waals surface area contributed by atoms with Gasteiger partial charge in [0, 0.05) is 36.6 Å². The molecule has 26 heavy (non-hydrogen) atoms. The molecule has 7 rings (SSSR count). The second-order valence-electron chi connectivity index (χ2n) is 7.52. The summed E-state index contributed by atoms with van der Waals surface area (Å²) in [5, 5.41) is 0.809. The predicted octanol–water partition coefficient (Wildman–Crippen LogP) is 2.33. The third-order valence-corrected chi connectivity index (χ3v) is 6.20. The minimum Gasteiger partial charge on any atom is -0.465 e. The van der Waals surface area contributed by atoms with Crippen LogP contribution in [0.2, 0.25) is 0 Å². The molecule has 3 aromatic rings. The summed E-state index contributed by atoms with van der Waals surface area (Å²) in [5.41, 5.74) is 2.41. The molecule has 0 spiro atoms. The van der Waals surface area contributed by atoms with Crippen molar-refractivity contribution in [2.75, 3.05) is 18.6 Å². The summed E-state index contributed by atoms with van der Waals surface area (Å²) in [4.78, 5) is 23.6. The van der Waals surface area contributed by atoms with Crippen LogP contribution in [0, 0.1) is 17.8 Å². The summed E-state index contributed by atoms with van der Waals surface area (Å²) in [6.45, 7) is 1.80. The Balaban J connectivity index is 1.30. The summed E-state index contributed by atoms with van der Waals surface area (Å²) < 4.78 is 6.88. The number of fused-ring (bicyclic) bond motifs is 2. The van der Waals surface area contributed by atoms with Crippen LogP contribution in [0.25, 0.3) is 11.0 Å².